The number of aromatic amines is 1. The summed E-state index contributed by atoms with van der Waals surface area (Å²) in [6, 6.07) is 1.58. The van der Waals surface area contributed by atoms with Crippen LogP contribution in [0, 0.1) is 3.70 Å². The molecule has 0 aliphatic heterocycles. The minimum Gasteiger partial charge on any atom is -0.472 e. The van der Waals surface area contributed by atoms with Crippen LogP contribution in [0.1, 0.15) is 5.56 Å². The van der Waals surface area contributed by atoms with Gasteiger partial charge in [-0.05, 0) is 44.6 Å². The van der Waals surface area contributed by atoms with E-state index >= 15 is 0 Å². The highest BCUT2D eigenvalue weighted by molar-refractivity contribution is 14.1. The Morgan fingerprint density at radius 1 is 1.60 bits per heavy atom. The van der Waals surface area contributed by atoms with Gasteiger partial charge in [0.15, 0.2) is 6.41 Å². The van der Waals surface area contributed by atoms with Crippen molar-refractivity contribution >= 4 is 34.1 Å². The lowest BCUT2D eigenvalue weighted by Crippen LogP contribution is -2.22. The number of hydrogen-bond donors (Lipinski definition) is 1. The number of halogens is 1. The van der Waals surface area contributed by atoms with Gasteiger partial charge in [-0.25, -0.2) is 4.79 Å². The zero-order chi connectivity index (χ0) is 15.0. The van der Waals surface area contributed by atoms with E-state index in [0.29, 0.717) is 10.9 Å². The fourth-order valence-corrected chi connectivity index (χ4v) is 3.08. The first-order valence-electron chi connectivity index (χ1n) is 5.82. The first kappa shape index (κ1) is 12.0. The molecule has 0 aliphatic rings. The van der Waals surface area contributed by atoms with Crippen molar-refractivity contribution in [3.8, 4) is 10.9 Å². The maximum Gasteiger partial charge on any atom is 0.369 e. The van der Waals surface area contributed by atoms with E-state index in [2.05, 4.69) is 42.5 Å². The summed E-state index contributed by atoms with van der Waals surface area (Å²) in [4.78, 5) is 11.9. The largest absolute Gasteiger partial charge is 0.472 e. The average Bonchev–Trinajstić information content (AvgIpc) is 3.11. The van der Waals surface area contributed by atoms with Crippen molar-refractivity contribution in [1.82, 2.24) is 34.4 Å². The van der Waals surface area contributed by atoms with Crippen LogP contribution >= 0.6 is 34.1 Å². The third-order valence-corrected chi connectivity index (χ3v) is 4.52. The van der Waals surface area contributed by atoms with E-state index in [4.69, 9.17) is 6.15 Å². The number of nitrogens with one attached hydrogen (secondary N) is 1. The van der Waals surface area contributed by atoms with Crippen molar-refractivity contribution in [3.63, 3.8) is 0 Å². The van der Waals surface area contributed by atoms with E-state index in [0.717, 1.165) is 30.6 Å². The van der Waals surface area contributed by atoms with E-state index < -0.39 is 0 Å². The summed E-state index contributed by atoms with van der Waals surface area (Å²) in [6.07, 6.45) is 1.46. The molecule has 0 bridgehead atoms. The molecule has 3 aromatic rings. The maximum atomic E-state index is 11.9. The lowest BCUT2D eigenvalue weighted by molar-refractivity contribution is 0.292. The highest BCUT2D eigenvalue weighted by atomic mass is 127. The molecule has 1 N–H and O–H groups in total. The van der Waals surface area contributed by atoms with Gasteiger partial charge in [0.1, 0.15) is 10.3 Å². The molecule has 3 rings (SSSR count). The molecular weight excluding hydrogens is 397 g/mol. The molecule has 0 amide bonds. The van der Waals surface area contributed by atoms with E-state index in [-0.39, 0.29) is 12.3 Å². The Hall–Kier alpha value is -1.76. The first-order chi connectivity index (χ1) is 10.1. The van der Waals surface area contributed by atoms with Gasteiger partial charge in [-0.2, -0.15) is 9.06 Å². The predicted octanol–water partition coefficient (Wildman–Crippen LogP) is 0.329. The molecule has 0 saturated carbocycles. The van der Waals surface area contributed by atoms with E-state index in [1.54, 1.807) is 6.07 Å². The summed E-state index contributed by atoms with van der Waals surface area (Å²) < 4.78 is 20.0. The van der Waals surface area contributed by atoms with Gasteiger partial charge >= 0.3 is 5.69 Å². The Labute approximate surface area is 131 Å². The smallest absolute Gasteiger partial charge is 0.369 e. The molecule has 11 heteroatoms. The monoisotopic (exact) mass is 407 g/mol. The molecule has 0 atom stereocenters. The lowest BCUT2D eigenvalue weighted by atomic mass is 10.4. The van der Waals surface area contributed by atoms with Crippen LogP contribution < -0.4 is 10.4 Å². The minimum atomic E-state index is -0.355. The van der Waals surface area contributed by atoms with E-state index in [1.165, 1.54) is 17.9 Å². The lowest BCUT2D eigenvalue weighted by Gasteiger charge is -2.03. The number of hydrogen-bond acceptors (Lipinski definition) is 7. The molecule has 0 aromatic carbocycles. The maximum absolute atomic E-state index is 11.9. The van der Waals surface area contributed by atoms with Crippen LogP contribution in [0.25, 0.3) is 5.00 Å². The fraction of sp³-hybridized carbons (Fsp3) is 0.222. The Morgan fingerprint density at radius 2 is 2.45 bits per heavy atom. The van der Waals surface area contributed by atoms with Crippen molar-refractivity contribution in [2.45, 2.75) is 6.61 Å². The second kappa shape index (κ2) is 5.32. The minimum absolute atomic E-state index is 0.171. The number of rotatable bonds is 4. The molecule has 0 radical (unpaired) electrons. The molecule has 20 heavy (non-hydrogen) atoms. The van der Waals surface area contributed by atoms with Gasteiger partial charge in [0, 0.05) is 19.3 Å². The van der Waals surface area contributed by atoms with Crippen molar-refractivity contribution in [2.75, 3.05) is 0 Å². The summed E-state index contributed by atoms with van der Waals surface area (Å²) in [5.74, 6) is 0.324. The quantitative estimate of drug-likeness (QED) is 0.626. The Balaban J connectivity index is 1.90. The Bertz CT molecular complexity index is 837. The summed E-state index contributed by atoms with van der Waals surface area (Å²) in [6.45, 7) is 0.171. The molecule has 0 saturated heterocycles. The fourth-order valence-electron chi connectivity index (χ4n) is 1.45. The standard InChI is InChI=1S/C9H8IN7O2S/c1-16-9(18)17(15-14-16)8-5(7(10)13-20-8)4-19-6-2-3-11-12-6/h2-3H,4H2,1H3,(H,11,12)/i/hT. The van der Waals surface area contributed by atoms with Crippen LogP contribution in [0.2, 0.25) is 1.41 Å². The van der Waals surface area contributed by atoms with Gasteiger partial charge in [-0.15, -0.1) is 9.78 Å². The molecule has 0 fully saturated rings. The van der Waals surface area contributed by atoms with Crippen LogP contribution in [-0.2, 0) is 13.7 Å². The van der Waals surface area contributed by atoms with Crippen LogP contribution in [0.4, 0.5) is 0 Å². The van der Waals surface area contributed by atoms with Crippen molar-refractivity contribution < 1.29 is 6.15 Å². The molecule has 0 unspecified atom stereocenters. The molecule has 0 aliphatic carbocycles. The van der Waals surface area contributed by atoms with Gasteiger partial charge in [0.2, 0.25) is 5.88 Å². The first-order valence-corrected chi connectivity index (χ1v) is 7.22. The summed E-state index contributed by atoms with van der Waals surface area (Å²) in [5, 5.41) is 12.7. The predicted molar refractivity (Wildman–Crippen MR) is 77.9 cm³/mol. The highest BCUT2D eigenvalue weighted by Crippen LogP contribution is 2.24. The Kier molecular flexibility index (Phi) is 3.20. The molecule has 3 aromatic heterocycles. The van der Waals surface area contributed by atoms with E-state index in [9.17, 15) is 4.79 Å². The van der Waals surface area contributed by atoms with Gasteiger partial charge in [-0.1, -0.05) is 0 Å². The van der Waals surface area contributed by atoms with Crippen LogP contribution in [0.5, 0.6) is 5.88 Å². The zero-order valence-corrected chi connectivity index (χ0v) is 13.1. The van der Waals surface area contributed by atoms with Crippen molar-refractivity contribution in [2.24, 2.45) is 7.05 Å². The molecule has 0 spiro atoms. The second-order valence-electron chi connectivity index (χ2n) is 3.71. The molecule has 9 nitrogen and oxygen atoms in total. The molecule has 104 valence electrons. The number of aryl methyl sites for hydroxylation is 1. The van der Waals surface area contributed by atoms with Crippen molar-refractivity contribution in [1.29, 1.82) is 0 Å². The zero-order valence-electron chi connectivity index (χ0n) is 11.1. The average molecular weight is 407 g/mol. The molecular formula is C9H8IN7O2S. The third kappa shape index (κ3) is 2.33. The van der Waals surface area contributed by atoms with E-state index in [1.807, 2.05) is 0 Å². The third-order valence-electron chi connectivity index (χ3n) is 2.44. The molecule has 3 heterocycles. The van der Waals surface area contributed by atoms with Crippen molar-refractivity contribution in [3.05, 3.63) is 32.0 Å². The van der Waals surface area contributed by atoms with Gasteiger partial charge in [-0.3, -0.25) is 5.09 Å². The SMILES string of the molecule is [3H]n1ccc(OCc2c(I)nsc2-n2nnn(C)c2=O)n1. The van der Waals surface area contributed by atoms with Gasteiger partial charge in [0.25, 0.3) is 0 Å². The number of H-pyrrole nitrogens is 1. The Morgan fingerprint density at radius 3 is 3.10 bits per heavy atom. The number of ether oxygens (including phenoxy) is 1. The second-order valence-corrected chi connectivity index (χ2v) is 5.49. The number of nitrogens with zero attached hydrogens (tertiary/aromatic N) is 6. The summed E-state index contributed by atoms with van der Waals surface area (Å²) in [5.41, 5.74) is 0.370. The van der Waals surface area contributed by atoms with Crippen LogP contribution in [0.3, 0.4) is 0 Å². The summed E-state index contributed by atoms with van der Waals surface area (Å²) in [7, 11) is 1.52. The van der Waals surface area contributed by atoms with Gasteiger partial charge < -0.3 is 4.74 Å². The van der Waals surface area contributed by atoms with Crippen LogP contribution in [-0.4, -0.2) is 34.4 Å². The summed E-state index contributed by atoms with van der Waals surface area (Å²) >= 11 is 3.20. The highest BCUT2D eigenvalue weighted by Gasteiger charge is 2.18. The van der Waals surface area contributed by atoms with Gasteiger partial charge in [0.05, 0.1) is 5.56 Å². The number of aromatic nitrogens is 7. The van der Waals surface area contributed by atoms with Crippen LogP contribution in [0.15, 0.2) is 17.1 Å². The number of tetrazole rings is 1. The normalized spacial score (nSPS) is 11.6. The topological polar surface area (TPSA) is 104 Å².